The van der Waals surface area contributed by atoms with E-state index in [-0.39, 0.29) is 18.5 Å². The van der Waals surface area contributed by atoms with Gasteiger partial charge in [-0.05, 0) is 19.1 Å². The third-order valence-electron chi connectivity index (χ3n) is 5.20. The van der Waals surface area contributed by atoms with E-state index < -0.39 is 6.04 Å². The summed E-state index contributed by atoms with van der Waals surface area (Å²) in [4.78, 5) is 35.4. The SMILES string of the molecule is C=C(C)CN1C(=O)C2C(=NC3=[N+]2CCCN3c2cccc(OC)c2)N(C)C1=O. The van der Waals surface area contributed by atoms with Gasteiger partial charge in [0.1, 0.15) is 11.4 Å². The van der Waals surface area contributed by atoms with E-state index in [4.69, 9.17) is 9.73 Å². The van der Waals surface area contributed by atoms with Crippen LogP contribution in [0.5, 0.6) is 5.75 Å². The number of fused-ring (bicyclic) bond motifs is 2. The standard InChI is InChI=1S/C20H24N5O3/c1-13(2)12-25-18(26)16-17(22(3)20(25)27)21-19-23(9-6-10-24(16)19)14-7-5-8-15(11-14)28-4/h5,7-8,11,16H,1,6,9-10,12H2,2-4H3/q+1. The number of amidine groups is 1. The number of likely N-dealkylation sites (N-methyl/N-ethyl adjacent to an activating group) is 1. The normalized spacial score (nSPS) is 21.6. The number of amides is 3. The highest BCUT2D eigenvalue weighted by Crippen LogP contribution is 2.28. The fraction of sp³-hybridized carbons (Fsp3) is 0.400. The highest BCUT2D eigenvalue weighted by Gasteiger charge is 2.54. The largest absolute Gasteiger partial charge is 0.497 e. The number of carbonyl (C=O) groups excluding carboxylic acids is 2. The quantitative estimate of drug-likeness (QED) is 0.585. The van der Waals surface area contributed by atoms with Crippen LogP contribution in [-0.2, 0) is 4.79 Å². The molecule has 146 valence electrons. The van der Waals surface area contributed by atoms with Crippen LogP contribution in [-0.4, -0.2) is 77.9 Å². The molecule has 0 aliphatic carbocycles. The molecule has 28 heavy (non-hydrogen) atoms. The van der Waals surface area contributed by atoms with Crippen molar-refractivity contribution in [2.75, 3.05) is 38.7 Å². The van der Waals surface area contributed by atoms with Crippen molar-refractivity contribution >= 4 is 29.4 Å². The van der Waals surface area contributed by atoms with E-state index in [0.717, 1.165) is 30.0 Å². The Morgan fingerprint density at radius 2 is 2.18 bits per heavy atom. The zero-order chi connectivity index (χ0) is 20.0. The highest BCUT2D eigenvalue weighted by molar-refractivity contribution is 6.24. The molecule has 8 heteroatoms. The molecule has 3 heterocycles. The fourth-order valence-corrected chi connectivity index (χ4v) is 3.89. The molecule has 1 aromatic carbocycles. The molecule has 1 saturated heterocycles. The van der Waals surface area contributed by atoms with Crippen molar-refractivity contribution in [2.45, 2.75) is 19.4 Å². The molecule has 3 aliphatic rings. The first-order valence-corrected chi connectivity index (χ1v) is 9.29. The van der Waals surface area contributed by atoms with Gasteiger partial charge in [-0.15, -0.1) is 0 Å². The smallest absolute Gasteiger partial charge is 0.397 e. The van der Waals surface area contributed by atoms with Gasteiger partial charge in [-0.25, -0.2) is 14.3 Å². The summed E-state index contributed by atoms with van der Waals surface area (Å²) in [6.07, 6.45) is 0.880. The van der Waals surface area contributed by atoms with Crippen LogP contribution in [0.1, 0.15) is 13.3 Å². The number of carbonyl (C=O) groups is 2. The van der Waals surface area contributed by atoms with Crippen LogP contribution < -0.4 is 9.64 Å². The second-order valence-corrected chi connectivity index (χ2v) is 7.30. The third-order valence-corrected chi connectivity index (χ3v) is 5.20. The van der Waals surface area contributed by atoms with E-state index in [1.54, 1.807) is 14.2 Å². The van der Waals surface area contributed by atoms with Gasteiger partial charge in [0, 0.05) is 19.5 Å². The molecule has 1 unspecified atom stereocenters. The lowest BCUT2D eigenvalue weighted by molar-refractivity contribution is -0.539. The lowest BCUT2D eigenvalue weighted by atomic mass is 10.1. The van der Waals surface area contributed by atoms with Crippen LogP contribution in [0.4, 0.5) is 10.5 Å². The van der Waals surface area contributed by atoms with Crippen LogP contribution in [0.2, 0.25) is 0 Å². The molecule has 0 bridgehead atoms. The number of rotatable bonds is 4. The van der Waals surface area contributed by atoms with E-state index in [2.05, 4.69) is 11.5 Å². The van der Waals surface area contributed by atoms with E-state index in [1.165, 1.54) is 9.80 Å². The average molecular weight is 382 g/mol. The molecule has 0 N–H and O–H groups in total. The molecule has 0 aromatic heterocycles. The fourth-order valence-electron chi connectivity index (χ4n) is 3.89. The summed E-state index contributed by atoms with van der Waals surface area (Å²) >= 11 is 0. The van der Waals surface area contributed by atoms with Gasteiger partial charge in [-0.1, -0.05) is 23.2 Å². The van der Waals surface area contributed by atoms with Gasteiger partial charge in [0.25, 0.3) is 5.91 Å². The minimum Gasteiger partial charge on any atom is -0.497 e. The Morgan fingerprint density at radius 3 is 2.89 bits per heavy atom. The van der Waals surface area contributed by atoms with Gasteiger partial charge in [-0.3, -0.25) is 14.6 Å². The van der Waals surface area contributed by atoms with E-state index >= 15 is 0 Å². The molecule has 1 aromatic rings. The zero-order valence-corrected chi connectivity index (χ0v) is 16.4. The number of imide groups is 1. The molecule has 1 atom stereocenters. The molecular weight excluding hydrogens is 358 g/mol. The molecule has 8 nitrogen and oxygen atoms in total. The van der Waals surface area contributed by atoms with Crippen LogP contribution in [0.3, 0.4) is 0 Å². The number of nitrogens with zero attached hydrogens (tertiary/aromatic N) is 5. The number of methoxy groups -OCH3 is 1. The van der Waals surface area contributed by atoms with Gasteiger partial charge >= 0.3 is 12.0 Å². The van der Waals surface area contributed by atoms with E-state index in [0.29, 0.717) is 18.3 Å². The Balaban J connectivity index is 1.75. The number of guanidine groups is 1. The van der Waals surface area contributed by atoms with Crippen molar-refractivity contribution in [3.63, 3.8) is 0 Å². The van der Waals surface area contributed by atoms with Crippen LogP contribution in [0.25, 0.3) is 0 Å². The summed E-state index contributed by atoms with van der Waals surface area (Å²) in [5.74, 6) is 1.70. The molecule has 0 radical (unpaired) electrons. The molecule has 1 fully saturated rings. The second-order valence-electron chi connectivity index (χ2n) is 7.30. The van der Waals surface area contributed by atoms with E-state index in [9.17, 15) is 9.59 Å². The van der Waals surface area contributed by atoms with Crippen LogP contribution >= 0.6 is 0 Å². The van der Waals surface area contributed by atoms with Crippen LogP contribution in [0.15, 0.2) is 41.4 Å². The molecule has 4 rings (SSSR count). The summed E-state index contributed by atoms with van der Waals surface area (Å²) in [7, 11) is 3.30. The number of benzene rings is 1. The predicted molar refractivity (Wildman–Crippen MR) is 106 cm³/mol. The first kappa shape index (κ1) is 18.2. The van der Waals surface area contributed by atoms with Crippen molar-refractivity contribution in [2.24, 2.45) is 4.99 Å². The first-order valence-electron chi connectivity index (χ1n) is 9.29. The van der Waals surface area contributed by atoms with Crippen LogP contribution in [0, 0.1) is 0 Å². The summed E-state index contributed by atoms with van der Waals surface area (Å²) in [5, 5.41) is 0. The van der Waals surface area contributed by atoms with Crippen molar-refractivity contribution in [1.82, 2.24) is 9.80 Å². The predicted octanol–water partition coefficient (Wildman–Crippen LogP) is 1.52. The molecule has 3 aliphatic heterocycles. The minimum absolute atomic E-state index is 0.217. The monoisotopic (exact) mass is 382 g/mol. The number of aliphatic imine (C=N–C) groups is 1. The first-order chi connectivity index (χ1) is 13.4. The summed E-state index contributed by atoms with van der Waals surface area (Å²) < 4.78 is 7.34. The topological polar surface area (TPSA) is 68.5 Å². The van der Waals surface area contributed by atoms with Crippen molar-refractivity contribution in [3.8, 4) is 5.75 Å². The summed E-state index contributed by atoms with van der Waals surface area (Å²) in [5.41, 5.74) is 1.71. The van der Waals surface area contributed by atoms with Crippen molar-refractivity contribution in [3.05, 3.63) is 36.4 Å². The Hall–Kier alpha value is -3.16. The summed E-state index contributed by atoms with van der Waals surface area (Å²) in [6.45, 7) is 7.36. The number of hydrogen-bond donors (Lipinski definition) is 0. The summed E-state index contributed by atoms with van der Waals surface area (Å²) in [6, 6.07) is 6.82. The van der Waals surface area contributed by atoms with E-state index in [1.807, 2.05) is 35.8 Å². The Morgan fingerprint density at radius 1 is 1.39 bits per heavy atom. The second kappa shape index (κ2) is 6.78. The van der Waals surface area contributed by atoms with Gasteiger partial charge in [-0.2, -0.15) is 0 Å². The molecular formula is C20H24N5O3+. The number of urea groups is 1. The van der Waals surface area contributed by atoms with Gasteiger partial charge in [0.2, 0.25) is 11.9 Å². The maximum Gasteiger partial charge on any atom is 0.397 e. The van der Waals surface area contributed by atoms with Crippen molar-refractivity contribution in [1.29, 1.82) is 0 Å². The number of hydrogen-bond acceptors (Lipinski definition) is 5. The number of anilines is 1. The molecule has 0 saturated carbocycles. The number of ether oxygens (including phenoxy) is 1. The molecule has 0 spiro atoms. The highest BCUT2D eigenvalue weighted by atomic mass is 16.5. The van der Waals surface area contributed by atoms with Gasteiger partial charge in [0.15, 0.2) is 0 Å². The van der Waals surface area contributed by atoms with Gasteiger partial charge < -0.3 is 4.74 Å². The Labute approximate surface area is 164 Å². The third kappa shape index (κ3) is 2.76. The van der Waals surface area contributed by atoms with Gasteiger partial charge in [0.05, 0.1) is 26.7 Å². The molecule has 3 amide bonds. The van der Waals surface area contributed by atoms with Crippen molar-refractivity contribution < 1.29 is 18.9 Å². The maximum absolute atomic E-state index is 13.2. The Kier molecular flexibility index (Phi) is 4.41. The lowest BCUT2D eigenvalue weighted by Gasteiger charge is -2.34. The lowest BCUT2D eigenvalue weighted by Crippen LogP contribution is -2.63. The minimum atomic E-state index is -0.578. The maximum atomic E-state index is 13.2. The average Bonchev–Trinajstić information content (AvgIpc) is 3.09. The zero-order valence-electron chi connectivity index (χ0n) is 16.4. The Bertz CT molecular complexity index is 936.